The normalized spacial score (nSPS) is 9.91. The zero-order valence-corrected chi connectivity index (χ0v) is 40.6. The molecule has 0 saturated carbocycles. The molecule has 11 aromatic carbocycles. The van der Waals surface area contributed by atoms with Crippen molar-refractivity contribution in [3.8, 4) is 33.4 Å². The van der Waals surface area contributed by atoms with E-state index in [0.717, 1.165) is 0 Å². The summed E-state index contributed by atoms with van der Waals surface area (Å²) in [6.45, 7) is 12.7. The van der Waals surface area contributed by atoms with Gasteiger partial charge in [-0.05, 0) is 108 Å². The summed E-state index contributed by atoms with van der Waals surface area (Å²) >= 11 is 0. The molecule has 0 heteroatoms. The van der Waals surface area contributed by atoms with Crippen molar-refractivity contribution in [3.05, 3.63) is 312 Å². The van der Waals surface area contributed by atoms with E-state index in [1.165, 1.54) is 88.3 Å². The Morgan fingerprint density at radius 3 is 1.15 bits per heavy atom. The van der Waals surface area contributed by atoms with Crippen LogP contribution in [0.5, 0.6) is 0 Å². The molecule has 0 aliphatic rings. The van der Waals surface area contributed by atoms with Crippen LogP contribution >= 0.6 is 0 Å². The van der Waals surface area contributed by atoms with Crippen LogP contribution in [0.2, 0.25) is 0 Å². The zero-order valence-electron chi connectivity index (χ0n) is 40.6. The molecule has 68 heavy (non-hydrogen) atoms. The minimum atomic E-state index is 1.28. The standard InChI is InChI=1S/3C13H12.2C11H10.C7H8/c1-11-7-5-6-10-13(11)12-8-3-2-4-9-12;1-11-6-5-9-13(10-11)12-7-3-2-4-8-12;1-11-7-9-13(10-8-11)12-5-3-2-4-6-12;1-9-5-4-7-10-6-2-3-8-11(9)10;1-9-6-7-10-4-2-3-5-11(10)8-9;1-7-5-3-2-4-6-7/h3*2-10H,1H3;2*2-8H,1H3;2-6H,1H3. The zero-order chi connectivity index (χ0) is 47.8. The van der Waals surface area contributed by atoms with Gasteiger partial charge >= 0.3 is 0 Å². The molecular weight excluding hydrogens is 817 g/mol. The molecule has 0 saturated heterocycles. The summed E-state index contributed by atoms with van der Waals surface area (Å²) in [6, 6.07) is 96.9. The maximum atomic E-state index is 2.20. The van der Waals surface area contributed by atoms with Gasteiger partial charge in [-0.25, -0.2) is 0 Å². The third-order valence-corrected chi connectivity index (χ3v) is 11.4. The Balaban J connectivity index is 0.000000136. The van der Waals surface area contributed by atoms with Crippen LogP contribution in [0.3, 0.4) is 0 Å². The SMILES string of the molecule is Cc1ccc(-c2ccccc2)cc1.Cc1ccc2ccccc2c1.Cc1cccc(-c2ccccc2)c1.Cc1cccc2ccccc12.Cc1ccccc1.Cc1ccccc1-c1ccccc1. The molecule has 0 aliphatic carbocycles. The van der Waals surface area contributed by atoms with E-state index >= 15 is 0 Å². The molecule has 11 aromatic rings. The second-order valence-corrected chi connectivity index (χ2v) is 16.9. The summed E-state index contributed by atoms with van der Waals surface area (Å²) in [6.07, 6.45) is 0. The summed E-state index contributed by atoms with van der Waals surface area (Å²) in [5.41, 5.74) is 15.7. The lowest BCUT2D eigenvalue weighted by Crippen LogP contribution is -1.80. The van der Waals surface area contributed by atoms with E-state index in [0.29, 0.717) is 0 Å². The van der Waals surface area contributed by atoms with Crippen LogP contribution in [0.15, 0.2) is 279 Å². The topological polar surface area (TPSA) is 0 Å². The maximum absolute atomic E-state index is 2.20. The number of benzene rings is 11. The molecule has 0 fully saturated rings. The Morgan fingerprint density at radius 2 is 0.574 bits per heavy atom. The van der Waals surface area contributed by atoms with E-state index in [1.807, 2.05) is 36.4 Å². The van der Waals surface area contributed by atoms with Gasteiger partial charge < -0.3 is 0 Å². The molecule has 0 aromatic heterocycles. The minimum absolute atomic E-state index is 1.28. The third-order valence-electron chi connectivity index (χ3n) is 11.4. The smallest absolute Gasteiger partial charge is 0.0155 e. The molecule has 0 aliphatic heterocycles. The van der Waals surface area contributed by atoms with E-state index in [-0.39, 0.29) is 0 Å². The fraction of sp³-hybridized carbons (Fsp3) is 0.0882. The predicted molar refractivity (Wildman–Crippen MR) is 298 cm³/mol. The summed E-state index contributed by atoms with van der Waals surface area (Å²) in [5, 5.41) is 5.33. The molecule has 0 unspecified atom stereocenters. The Labute approximate surface area is 406 Å². The Kier molecular flexibility index (Phi) is 19.5. The fourth-order valence-electron chi connectivity index (χ4n) is 7.58. The van der Waals surface area contributed by atoms with Gasteiger partial charge in [0.25, 0.3) is 0 Å². The molecule has 0 nitrogen and oxygen atoms in total. The van der Waals surface area contributed by atoms with Crippen molar-refractivity contribution in [1.82, 2.24) is 0 Å². The molecule has 0 atom stereocenters. The molecule has 0 amide bonds. The van der Waals surface area contributed by atoms with Gasteiger partial charge in [-0.2, -0.15) is 0 Å². The second kappa shape index (κ2) is 26.8. The summed E-state index contributed by atoms with van der Waals surface area (Å²) in [7, 11) is 0. The van der Waals surface area contributed by atoms with E-state index in [4.69, 9.17) is 0 Å². The highest BCUT2D eigenvalue weighted by Gasteiger charge is 1.99. The first-order chi connectivity index (χ1) is 33.2. The van der Waals surface area contributed by atoms with E-state index in [1.54, 1.807) is 0 Å². The van der Waals surface area contributed by atoms with Crippen molar-refractivity contribution < 1.29 is 0 Å². The van der Waals surface area contributed by atoms with Gasteiger partial charge in [0.1, 0.15) is 0 Å². The summed E-state index contributed by atoms with van der Waals surface area (Å²) < 4.78 is 0. The van der Waals surface area contributed by atoms with Crippen LogP contribution in [-0.4, -0.2) is 0 Å². The summed E-state index contributed by atoms with van der Waals surface area (Å²) in [4.78, 5) is 0. The number of fused-ring (bicyclic) bond motifs is 2. The average Bonchev–Trinajstić information content (AvgIpc) is 3.39. The lowest BCUT2D eigenvalue weighted by Gasteiger charge is -2.04. The quantitative estimate of drug-likeness (QED) is 0.166. The van der Waals surface area contributed by atoms with Crippen LogP contribution in [0, 0.1) is 41.5 Å². The van der Waals surface area contributed by atoms with Crippen molar-refractivity contribution in [2.45, 2.75) is 41.5 Å². The van der Waals surface area contributed by atoms with Gasteiger partial charge in [-0.1, -0.05) is 301 Å². The van der Waals surface area contributed by atoms with Crippen molar-refractivity contribution in [2.24, 2.45) is 0 Å². The molecular formula is C68H64. The van der Waals surface area contributed by atoms with Crippen LogP contribution < -0.4 is 0 Å². The van der Waals surface area contributed by atoms with Gasteiger partial charge in [0.2, 0.25) is 0 Å². The Hall–Kier alpha value is -8.06. The molecule has 0 heterocycles. The molecule has 0 bridgehead atoms. The van der Waals surface area contributed by atoms with Crippen LogP contribution in [0.1, 0.15) is 33.4 Å². The fourth-order valence-corrected chi connectivity index (χ4v) is 7.58. The minimum Gasteiger partial charge on any atom is -0.0622 e. The monoisotopic (exact) mass is 881 g/mol. The van der Waals surface area contributed by atoms with Crippen molar-refractivity contribution in [1.29, 1.82) is 0 Å². The van der Waals surface area contributed by atoms with Gasteiger partial charge in [0.15, 0.2) is 0 Å². The predicted octanol–water partition coefficient (Wildman–Crippen LogP) is 19.3. The highest BCUT2D eigenvalue weighted by atomic mass is 14.0. The highest BCUT2D eigenvalue weighted by Crippen LogP contribution is 2.23. The molecule has 0 spiro atoms. The molecule has 336 valence electrons. The highest BCUT2D eigenvalue weighted by molar-refractivity contribution is 5.85. The molecule has 0 N–H and O–H groups in total. The first kappa shape index (κ1) is 49.4. The van der Waals surface area contributed by atoms with Crippen molar-refractivity contribution in [3.63, 3.8) is 0 Å². The van der Waals surface area contributed by atoms with Crippen molar-refractivity contribution >= 4 is 21.5 Å². The van der Waals surface area contributed by atoms with E-state index in [2.05, 4.69) is 284 Å². The largest absolute Gasteiger partial charge is 0.0622 e. The van der Waals surface area contributed by atoms with Gasteiger partial charge in [0.05, 0.1) is 0 Å². The lowest BCUT2D eigenvalue weighted by atomic mass is 10.0. The van der Waals surface area contributed by atoms with Gasteiger partial charge in [0, 0.05) is 0 Å². The number of hydrogen-bond acceptors (Lipinski definition) is 0. The van der Waals surface area contributed by atoms with E-state index in [9.17, 15) is 0 Å². The van der Waals surface area contributed by atoms with Crippen LogP contribution in [0.25, 0.3) is 54.9 Å². The maximum Gasteiger partial charge on any atom is -0.0155 e. The first-order valence-electron chi connectivity index (χ1n) is 23.5. The molecule has 11 rings (SSSR count). The number of hydrogen-bond donors (Lipinski definition) is 0. The van der Waals surface area contributed by atoms with Crippen molar-refractivity contribution in [2.75, 3.05) is 0 Å². The average molecular weight is 881 g/mol. The van der Waals surface area contributed by atoms with Gasteiger partial charge in [-0.3, -0.25) is 0 Å². The molecule has 0 radical (unpaired) electrons. The number of aryl methyl sites for hydroxylation is 6. The van der Waals surface area contributed by atoms with Crippen LogP contribution in [-0.2, 0) is 0 Å². The Morgan fingerprint density at radius 1 is 0.191 bits per heavy atom. The van der Waals surface area contributed by atoms with Gasteiger partial charge in [-0.15, -0.1) is 0 Å². The summed E-state index contributed by atoms with van der Waals surface area (Å²) in [5.74, 6) is 0. The lowest BCUT2D eigenvalue weighted by molar-refractivity contribution is 1.46. The van der Waals surface area contributed by atoms with Crippen LogP contribution in [0.4, 0.5) is 0 Å². The Bertz CT molecular complexity index is 3120. The van der Waals surface area contributed by atoms with E-state index < -0.39 is 0 Å². The third kappa shape index (κ3) is 16.1. The number of rotatable bonds is 3. The first-order valence-corrected chi connectivity index (χ1v) is 23.5. The second-order valence-electron chi connectivity index (χ2n) is 16.9.